The summed E-state index contributed by atoms with van der Waals surface area (Å²) in [6.45, 7) is 1.77. The van der Waals surface area contributed by atoms with E-state index in [4.69, 9.17) is 9.47 Å². The van der Waals surface area contributed by atoms with E-state index in [-0.39, 0.29) is 17.7 Å². The lowest BCUT2D eigenvalue weighted by molar-refractivity contribution is 0.0101. The molecule has 1 N–H and O–H groups in total. The summed E-state index contributed by atoms with van der Waals surface area (Å²) in [5, 5.41) is 0.612. The third kappa shape index (κ3) is 2.98. The number of fused-ring (bicyclic) bond motifs is 1. The van der Waals surface area contributed by atoms with Crippen LogP contribution < -0.4 is 5.56 Å². The lowest BCUT2D eigenvalue weighted by atomic mass is 10.2. The molecule has 2 aromatic heterocycles. The van der Waals surface area contributed by atoms with Crippen molar-refractivity contribution in [2.24, 2.45) is 0 Å². The van der Waals surface area contributed by atoms with Gasteiger partial charge in [0.25, 0.3) is 5.56 Å². The van der Waals surface area contributed by atoms with Gasteiger partial charge in [0.2, 0.25) is 0 Å². The zero-order chi connectivity index (χ0) is 16.4. The molecule has 0 amide bonds. The molecule has 6 heteroatoms. The Morgan fingerprint density at radius 2 is 2.17 bits per heavy atom. The highest BCUT2D eigenvalue weighted by atomic mass is 16.5. The first kappa shape index (κ1) is 15.1. The zero-order valence-corrected chi connectivity index (χ0v) is 13.2. The molecule has 2 atom stereocenters. The van der Waals surface area contributed by atoms with Crippen LogP contribution in [0.15, 0.2) is 53.7 Å². The maximum absolute atomic E-state index is 11.8. The number of hydrogen-bond acceptors (Lipinski definition) is 4. The van der Waals surface area contributed by atoms with Gasteiger partial charge in [0.15, 0.2) is 0 Å². The molecular weight excluding hydrogens is 306 g/mol. The van der Waals surface area contributed by atoms with E-state index < -0.39 is 0 Å². The molecular formula is C18H19N3O3. The van der Waals surface area contributed by atoms with Gasteiger partial charge in [0.05, 0.1) is 43.7 Å². The highest BCUT2D eigenvalue weighted by Crippen LogP contribution is 2.27. The van der Waals surface area contributed by atoms with Crippen LogP contribution in [0.1, 0.15) is 18.0 Å². The fraction of sp³-hybridized carbons (Fsp3) is 0.333. The summed E-state index contributed by atoms with van der Waals surface area (Å²) < 4.78 is 13.6. The Morgan fingerprint density at radius 1 is 1.29 bits per heavy atom. The monoisotopic (exact) mass is 325 g/mol. The van der Waals surface area contributed by atoms with Gasteiger partial charge in [0, 0.05) is 6.20 Å². The van der Waals surface area contributed by atoms with Gasteiger partial charge < -0.3 is 19.0 Å². The number of aromatic amines is 1. The molecule has 1 saturated heterocycles. The normalized spacial score (nSPS) is 20.7. The molecule has 124 valence electrons. The van der Waals surface area contributed by atoms with Crippen molar-refractivity contribution < 1.29 is 9.47 Å². The largest absolute Gasteiger partial charge is 0.374 e. The summed E-state index contributed by atoms with van der Waals surface area (Å²) in [5.74, 6) is 0. The van der Waals surface area contributed by atoms with E-state index in [1.807, 2.05) is 41.1 Å². The molecule has 1 aliphatic heterocycles. The molecule has 6 nitrogen and oxygen atoms in total. The van der Waals surface area contributed by atoms with Crippen molar-refractivity contribution in [2.75, 3.05) is 13.2 Å². The molecule has 24 heavy (non-hydrogen) atoms. The highest BCUT2D eigenvalue weighted by molar-refractivity contribution is 5.74. The Morgan fingerprint density at radius 3 is 3.04 bits per heavy atom. The number of H-pyrrole nitrogens is 1. The van der Waals surface area contributed by atoms with Crippen LogP contribution in [0.5, 0.6) is 0 Å². The van der Waals surface area contributed by atoms with Crippen molar-refractivity contribution in [1.29, 1.82) is 0 Å². The lowest BCUT2D eigenvalue weighted by Crippen LogP contribution is -2.15. The van der Waals surface area contributed by atoms with E-state index in [0.29, 0.717) is 30.9 Å². The van der Waals surface area contributed by atoms with Crippen LogP contribution in [-0.2, 0) is 16.1 Å². The van der Waals surface area contributed by atoms with Crippen LogP contribution in [-0.4, -0.2) is 33.9 Å². The van der Waals surface area contributed by atoms with Gasteiger partial charge in [-0.1, -0.05) is 30.3 Å². The van der Waals surface area contributed by atoms with Gasteiger partial charge in [-0.15, -0.1) is 0 Å². The number of ether oxygens (including phenoxy) is 2. The number of benzene rings is 1. The van der Waals surface area contributed by atoms with Gasteiger partial charge >= 0.3 is 0 Å². The first-order valence-corrected chi connectivity index (χ1v) is 8.09. The molecule has 1 aliphatic rings. The molecule has 0 saturated carbocycles. The summed E-state index contributed by atoms with van der Waals surface area (Å²) in [7, 11) is 0. The van der Waals surface area contributed by atoms with Gasteiger partial charge in [-0.2, -0.15) is 0 Å². The fourth-order valence-electron chi connectivity index (χ4n) is 3.16. The van der Waals surface area contributed by atoms with Gasteiger partial charge in [0.1, 0.15) is 5.65 Å². The maximum Gasteiger partial charge on any atom is 0.260 e. The topological polar surface area (TPSA) is 69.1 Å². The third-order valence-corrected chi connectivity index (χ3v) is 4.38. The van der Waals surface area contributed by atoms with E-state index in [0.717, 1.165) is 12.0 Å². The van der Waals surface area contributed by atoms with Crippen LogP contribution in [0.25, 0.3) is 11.0 Å². The summed E-state index contributed by atoms with van der Waals surface area (Å²) >= 11 is 0. The van der Waals surface area contributed by atoms with E-state index in [2.05, 4.69) is 9.97 Å². The number of aromatic nitrogens is 3. The third-order valence-electron chi connectivity index (χ3n) is 4.38. The van der Waals surface area contributed by atoms with Crippen LogP contribution in [0.4, 0.5) is 0 Å². The zero-order valence-electron chi connectivity index (χ0n) is 13.2. The summed E-state index contributed by atoms with van der Waals surface area (Å²) in [4.78, 5) is 18.7. The second-order valence-electron chi connectivity index (χ2n) is 6.04. The summed E-state index contributed by atoms with van der Waals surface area (Å²) in [6, 6.07) is 12.1. The van der Waals surface area contributed by atoms with Crippen molar-refractivity contribution in [1.82, 2.24) is 14.5 Å². The van der Waals surface area contributed by atoms with E-state index >= 15 is 0 Å². The molecule has 0 spiro atoms. The van der Waals surface area contributed by atoms with E-state index in [1.165, 1.54) is 6.33 Å². The molecule has 0 aliphatic carbocycles. The van der Waals surface area contributed by atoms with Crippen molar-refractivity contribution in [3.63, 3.8) is 0 Å². The summed E-state index contributed by atoms with van der Waals surface area (Å²) in [5.41, 5.74) is 1.76. The number of rotatable bonds is 5. The first-order valence-electron chi connectivity index (χ1n) is 8.09. The molecule has 0 unspecified atom stereocenters. The van der Waals surface area contributed by atoms with E-state index in [1.54, 1.807) is 6.07 Å². The fourth-order valence-corrected chi connectivity index (χ4v) is 3.16. The van der Waals surface area contributed by atoms with Crippen LogP contribution in [0, 0.1) is 0 Å². The smallest absolute Gasteiger partial charge is 0.260 e. The molecule has 0 radical (unpaired) electrons. The van der Waals surface area contributed by atoms with Gasteiger partial charge in [-0.25, -0.2) is 4.98 Å². The SMILES string of the molecule is O=c1[nH]cnc2c1ccn2[C@@H]1CO[C@H](COCc2ccccc2)C1. The number of nitrogens with zero attached hydrogens (tertiary/aromatic N) is 2. The molecule has 1 fully saturated rings. The number of nitrogens with one attached hydrogen (secondary N) is 1. The second kappa shape index (κ2) is 6.59. The predicted octanol–water partition coefficient (Wildman–Crippen LogP) is 2.27. The van der Waals surface area contributed by atoms with Crippen molar-refractivity contribution in [2.45, 2.75) is 25.2 Å². The predicted molar refractivity (Wildman–Crippen MR) is 89.8 cm³/mol. The number of hydrogen-bond donors (Lipinski definition) is 1. The molecule has 1 aromatic carbocycles. The first-order chi connectivity index (χ1) is 11.8. The molecule has 3 heterocycles. The summed E-state index contributed by atoms with van der Waals surface area (Å²) in [6.07, 6.45) is 4.27. The molecule has 0 bridgehead atoms. The van der Waals surface area contributed by atoms with Gasteiger partial charge in [-0.3, -0.25) is 4.79 Å². The second-order valence-corrected chi connectivity index (χ2v) is 6.04. The Labute approximate surface area is 139 Å². The minimum Gasteiger partial charge on any atom is -0.374 e. The van der Waals surface area contributed by atoms with Crippen molar-refractivity contribution in [3.8, 4) is 0 Å². The highest BCUT2D eigenvalue weighted by Gasteiger charge is 2.28. The minimum atomic E-state index is -0.111. The Hall–Kier alpha value is -2.44. The van der Waals surface area contributed by atoms with Crippen molar-refractivity contribution in [3.05, 3.63) is 64.8 Å². The lowest BCUT2D eigenvalue weighted by Gasteiger charge is -2.12. The van der Waals surface area contributed by atoms with Crippen molar-refractivity contribution >= 4 is 11.0 Å². The maximum atomic E-state index is 11.8. The Balaban J connectivity index is 1.37. The average molecular weight is 325 g/mol. The van der Waals surface area contributed by atoms with Crippen LogP contribution in [0.3, 0.4) is 0 Å². The van der Waals surface area contributed by atoms with Crippen LogP contribution >= 0.6 is 0 Å². The average Bonchev–Trinajstić information content (AvgIpc) is 3.23. The minimum absolute atomic E-state index is 0.0677. The van der Waals surface area contributed by atoms with Gasteiger partial charge in [-0.05, 0) is 18.1 Å². The Kier molecular flexibility index (Phi) is 4.15. The van der Waals surface area contributed by atoms with E-state index in [9.17, 15) is 4.79 Å². The Bertz CT molecular complexity index is 872. The van der Waals surface area contributed by atoms with Crippen LogP contribution in [0.2, 0.25) is 0 Å². The quantitative estimate of drug-likeness (QED) is 0.781. The molecule has 3 aromatic rings. The standard InChI is InChI=1S/C18H19N3O3/c22-18-16-6-7-21(17(16)19-12-20-18)14-8-15(24-10-14)11-23-9-13-4-2-1-3-5-13/h1-7,12,14-15H,8-11H2,(H,19,20,22)/t14-,15-/m0/s1. The molecule has 4 rings (SSSR count).